The number of rotatable bonds is 4. The second kappa shape index (κ2) is 8.81. The van der Waals surface area contributed by atoms with E-state index in [0.717, 1.165) is 53.7 Å². The molecule has 168 valence electrons. The molecule has 4 nitrogen and oxygen atoms in total. The molecule has 1 atom stereocenters. The van der Waals surface area contributed by atoms with Crippen LogP contribution in [0.15, 0.2) is 54.9 Å². The molecule has 0 spiro atoms. The molecule has 1 amide bonds. The van der Waals surface area contributed by atoms with Crippen molar-refractivity contribution >= 4 is 40.1 Å². The van der Waals surface area contributed by atoms with Crippen molar-refractivity contribution in [3.05, 3.63) is 87.4 Å². The molecule has 1 fully saturated rings. The van der Waals surface area contributed by atoms with Crippen LogP contribution >= 0.6 is 23.2 Å². The normalized spacial score (nSPS) is 14.7. The van der Waals surface area contributed by atoms with Gasteiger partial charge in [-0.05, 0) is 59.9 Å². The molecule has 1 N–H and O–H groups in total. The van der Waals surface area contributed by atoms with Gasteiger partial charge in [-0.2, -0.15) is 0 Å². The molecule has 3 heterocycles. The molecule has 1 saturated heterocycles. The van der Waals surface area contributed by atoms with Gasteiger partial charge in [-0.3, -0.25) is 4.79 Å². The first-order valence-electron chi connectivity index (χ1n) is 10.9. The van der Waals surface area contributed by atoms with Crippen molar-refractivity contribution in [2.24, 2.45) is 0 Å². The van der Waals surface area contributed by atoms with E-state index in [4.69, 9.17) is 23.2 Å². The molecule has 33 heavy (non-hydrogen) atoms. The number of H-pyrrole nitrogens is 1. The summed E-state index contributed by atoms with van der Waals surface area (Å²) in [5.74, 6) is -0.657. The van der Waals surface area contributed by atoms with E-state index in [9.17, 15) is 9.18 Å². The predicted molar refractivity (Wildman–Crippen MR) is 131 cm³/mol. The van der Waals surface area contributed by atoms with E-state index < -0.39 is 5.82 Å². The van der Waals surface area contributed by atoms with E-state index in [-0.39, 0.29) is 16.8 Å². The molecule has 1 unspecified atom stereocenters. The van der Waals surface area contributed by atoms with Gasteiger partial charge in [-0.25, -0.2) is 9.37 Å². The van der Waals surface area contributed by atoms with E-state index in [0.29, 0.717) is 16.1 Å². The third-order valence-corrected chi connectivity index (χ3v) is 7.11. The summed E-state index contributed by atoms with van der Waals surface area (Å²) < 4.78 is 14.1. The summed E-state index contributed by atoms with van der Waals surface area (Å²) in [6.45, 7) is 3.60. The van der Waals surface area contributed by atoms with E-state index in [1.807, 2.05) is 48.4 Å². The Bertz CT molecular complexity index is 1340. The standard InChI is InChI=1S/C26H22Cl2FN3O/c1-15(23-21(27)8-9-22(29)24(23)28)20-14-31-25-19(20)12-18(13-30-25)16-4-6-17(7-5-16)26(33)32-10-2-3-11-32/h4-9,12-15H,2-3,10-11H2,1H3,(H,30,31). The maximum atomic E-state index is 14.1. The molecular formula is C26H22Cl2FN3O. The van der Waals surface area contributed by atoms with Gasteiger partial charge in [0.2, 0.25) is 0 Å². The second-order valence-electron chi connectivity index (χ2n) is 8.42. The van der Waals surface area contributed by atoms with E-state index in [1.54, 1.807) is 6.20 Å². The van der Waals surface area contributed by atoms with Crippen molar-refractivity contribution in [2.45, 2.75) is 25.7 Å². The van der Waals surface area contributed by atoms with Crippen LogP contribution in [-0.2, 0) is 0 Å². The van der Waals surface area contributed by atoms with Gasteiger partial charge < -0.3 is 9.88 Å². The molecule has 0 bridgehead atoms. The topological polar surface area (TPSA) is 49.0 Å². The fourth-order valence-electron chi connectivity index (χ4n) is 4.54. The van der Waals surface area contributed by atoms with Crippen molar-refractivity contribution in [2.75, 3.05) is 13.1 Å². The minimum Gasteiger partial charge on any atom is -0.346 e. The number of carbonyl (C=O) groups excluding carboxylic acids is 1. The largest absolute Gasteiger partial charge is 0.346 e. The number of hydrogen-bond donors (Lipinski definition) is 1. The van der Waals surface area contributed by atoms with Crippen LogP contribution in [0.25, 0.3) is 22.2 Å². The Morgan fingerprint density at radius 1 is 1.09 bits per heavy atom. The number of aromatic amines is 1. The minimum atomic E-state index is -0.495. The maximum absolute atomic E-state index is 14.1. The molecule has 0 aliphatic carbocycles. The van der Waals surface area contributed by atoms with E-state index >= 15 is 0 Å². The highest BCUT2D eigenvalue weighted by Gasteiger charge is 2.22. The summed E-state index contributed by atoms with van der Waals surface area (Å²) >= 11 is 12.6. The van der Waals surface area contributed by atoms with Crippen molar-refractivity contribution in [1.82, 2.24) is 14.9 Å². The Labute approximate surface area is 201 Å². The van der Waals surface area contributed by atoms with Crippen LogP contribution in [0.3, 0.4) is 0 Å². The van der Waals surface area contributed by atoms with Crippen molar-refractivity contribution in [1.29, 1.82) is 0 Å². The number of halogens is 3. The lowest BCUT2D eigenvalue weighted by molar-refractivity contribution is 0.0793. The molecule has 1 aliphatic heterocycles. The number of hydrogen-bond acceptors (Lipinski definition) is 2. The Hall–Kier alpha value is -2.89. The van der Waals surface area contributed by atoms with Crippen LogP contribution < -0.4 is 0 Å². The Morgan fingerprint density at radius 2 is 1.82 bits per heavy atom. The molecular weight excluding hydrogens is 460 g/mol. The van der Waals surface area contributed by atoms with Crippen LogP contribution in [0, 0.1) is 5.82 Å². The van der Waals surface area contributed by atoms with Crippen LogP contribution in [0.1, 0.15) is 47.2 Å². The number of likely N-dealkylation sites (tertiary alicyclic amines) is 1. The Morgan fingerprint density at radius 3 is 2.55 bits per heavy atom. The number of benzene rings is 2. The fourth-order valence-corrected chi connectivity index (χ4v) is 5.24. The summed E-state index contributed by atoms with van der Waals surface area (Å²) in [7, 11) is 0. The van der Waals surface area contributed by atoms with Gasteiger partial charge in [-0.1, -0.05) is 42.3 Å². The zero-order valence-corrected chi connectivity index (χ0v) is 19.6. The lowest BCUT2D eigenvalue weighted by Crippen LogP contribution is -2.27. The SMILES string of the molecule is CC(c1c(Cl)ccc(F)c1Cl)c1c[nH]c2ncc(-c3ccc(C(=O)N4CCCC4)cc3)cc12. The average Bonchev–Trinajstić information content (AvgIpc) is 3.51. The summed E-state index contributed by atoms with van der Waals surface area (Å²) in [5.41, 5.74) is 4.78. The molecule has 1 aliphatic rings. The highest BCUT2D eigenvalue weighted by atomic mass is 35.5. The third kappa shape index (κ3) is 4.00. The molecule has 5 rings (SSSR count). The second-order valence-corrected chi connectivity index (χ2v) is 9.20. The van der Waals surface area contributed by atoms with Gasteiger partial charge in [0.25, 0.3) is 5.91 Å². The number of carbonyl (C=O) groups is 1. The third-order valence-electron chi connectivity index (χ3n) is 6.40. The number of fused-ring (bicyclic) bond motifs is 1. The van der Waals surface area contributed by atoms with Gasteiger partial charge >= 0.3 is 0 Å². The highest BCUT2D eigenvalue weighted by molar-refractivity contribution is 6.36. The van der Waals surface area contributed by atoms with Gasteiger partial charge in [0.05, 0.1) is 5.02 Å². The molecule has 2 aromatic carbocycles. The van der Waals surface area contributed by atoms with Crippen LogP contribution in [0.4, 0.5) is 4.39 Å². The molecule has 0 radical (unpaired) electrons. The Balaban J connectivity index is 1.49. The summed E-state index contributed by atoms with van der Waals surface area (Å²) in [6, 6.07) is 12.5. The monoisotopic (exact) mass is 481 g/mol. The van der Waals surface area contributed by atoms with E-state index in [1.165, 1.54) is 12.1 Å². The minimum absolute atomic E-state index is 0.0340. The van der Waals surface area contributed by atoms with Gasteiger partial charge in [0, 0.05) is 52.9 Å². The maximum Gasteiger partial charge on any atom is 0.253 e. The molecule has 7 heteroatoms. The van der Waals surface area contributed by atoms with Crippen molar-refractivity contribution in [3.63, 3.8) is 0 Å². The first-order chi connectivity index (χ1) is 15.9. The molecule has 0 saturated carbocycles. The first-order valence-corrected chi connectivity index (χ1v) is 11.7. The number of pyridine rings is 1. The number of aromatic nitrogens is 2. The van der Waals surface area contributed by atoms with Crippen molar-refractivity contribution in [3.8, 4) is 11.1 Å². The van der Waals surface area contributed by atoms with Crippen molar-refractivity contribution < 1.29 is 9.18 Å². The molecule has 4 aromatic rings. The Kier molecular flexibility index (Phi) is 5.85. The van der Waals surface area contributed by atoms with Gasteiger partial charge in [-0.15, -0.1) is 0 Å². The zero-order chi connectivity index (χ0) is 23.1. The average molecular weight is 482 g/mol. The lowest BCUT2D eigenvalue weighted by Gasteiger charge is -2.16. The zero-order valence-electron chi connectivity index (χ0n) is 18.0. The van der Waals surface area contributed by atoms with Gasteiger partial charge in [0.1, 0.15) is 11.5 Å². The quantitative estimate of drug-likeness (QED) is 0.317. The number of nitrogens with zero attached hydrogens (tertiary/aromatic N) is 2. The smallest absolute Gasteiger partial charge is 0.253 e. The summed E-state index contributed by atoms with van der Waals surface area (Å²) in [6.07, 6.45) is 5.80. The van der Waals surface area contributed by atoms with Crippen LogP contribution in [0.5, 0.6) is 0 Å². The number of nitrogens with one attached hydrogen (secondary N) is 1. The summed E-state index contributed by atoms with van der Waals surface area (Å²) in [4.78, 5) is 22.3. The fraction of sp³-hybridized carbons (Fsp3) is 0.231. The highest BCUT2D eigenvalue weighted by Crippen LogP contribution is 2.39. The van der Waals surface area contributed by atoms with E-state index in [2.05, 4.69) is 9.97 Å². The molecule has 2 aromatic heterocycles. The predicted octanol–water partition coefficient (Wildman–Crippen LogP) is 7.06. The number of amides is 1. The van der Waals surface area contributed by atoms with Crippen LogP contribution in [-0.4, -0.2) is 33.9 Å². The first kappa shape index (κ1) is 21.9. The summed E-state index contributed by atoms with van der Waals surface area (Å²) in [5, 5.41) is 1.37. The van der Waals surface area contributed by atoms with Crippen LogP contribution in [0.2, 0.25) is 10.0 Å². The van der Waals surface area contributed by atoms with Gasteiger partial charge in [0.15, 0.2) is 0 Å². The lowest BCUT2D eigenvalue weighted by atomic mass is 9.92.